The zero-order valence-corrected chi connectivity index (χ0v) is 13.7. The zero-order valence-electron chi connectivity index (χ0n) is 13.7. The van der Waals surface area contributed by atoms with Crippen molar-refractivity contribution in [3.63, 3.8) is 0 Å². The zero-order chi connectivity index (χ0) is 15.9. The van der Waals surface area contributed by atoms with Gasteiger partial charge in [-0.25, -0.2) is 0 Å². The summed E-state index contributed by atoms with van der Waals surface area (Å²) in [6.45, 7) is 0. The Kier molecular flexibility index (Phi) is 3.92. The first-order valence-electron chi connectivity index (χ1n) is 9.14. The third kappa shape index (κ3) is 3.16. The van der Waals surface area contributed by atoms with Crippen molar-refractivity contribution in [1.29, 1.82) is 0 Å². The second-order valence-electron chi connectivity index (χ2n) is 8.15. The lowest BCUT2D eigenvalue weighted by Crippen LogP contribution is -2.54. The van der Waals surface area contributed by atoms with E-state index in [-0.39, 0.29) is 11.6 Å². The van der Waals surface area contributed by atoms with E-state index in [1.54, 1.807) is 0 Å². The van der Waals surface area contributed by atoms with Crippen LogP contribution in [0.3, 0.4) is 0 Å². The maximum Gasteiger partial charge on any atom is 0.323 e. The highest BCUT2D eigenvalue weighted by Crippen LogP contribution is 2.57. The molecule has 2 N–H and O–H groups in total. The lowest BCUT2D eigenvalue weighted by Gasteiger charge is -2.55. The molecule has 0 saturated heterocycles. The van der Waals surface area contributed by atoms with E-state index < -0.39 is 6.04 Å². The molecular formula is C20H27NO2. The van der Waals surface area contributed by atoms with Crippen LogP contribution in [-0.2, 0) is 16.0 Å². The monoisotopic (exact) mass is 313 g/mol. The summed E-state index contributed by atoms with van der Waals surface area (Å²) in [6, 6.07) is 9.71. The van der Waals surface area contributed by atoms with Gasteiger partial charge in [0.15, 0.2) is 0 Å². The van der Waals surface area contributed by atoms with Crippen molar-refractivity contribution in [1.82, 2.24) is 0 Å². The smallest absolute Gasteiger partial charge is 0.323 e. The van der Waals surface area contributed by atoms with Gasteiger partial charge < -0.3 is 10.5 Å². The van der Waals surface area contributed by atoms with Crippen molar-refractivity contribution in [3.05, 3.63) is 35.9 Å². The quantitative estimate of drug-likeness (QED) is 0.847. The molecule has 1 atom stereocenters. The third-order valence-electron chi connectivity index (χ3n) is 6.19. The number of hydrogen-bond donors (Lipinski definition) is 1. The van der Waals surface area contributed by atoms with Gasteiger partial charge in [-0.15, -0.1) is 0 Å². The number of ether oxygens (including phenoxy) is 1. The van der Waals surface area contributed by atoms with E-state index in [2.05, 4.69) is 12.1 Å². The van der Waals surface area contributed by atoms with Gasteiger partial charge in [0.2, 0.25) is 0 Å². The minimum Gasteiger partial charge on any atom is -0.458 e. The summed E-state index contributed by atoms with van der Waals surface area (Å²) in [5.74, 6) is 2.18. The van der Waals surface area contributed by atoms with Crippen LogP contribution in [0.4, 0.5) is 0 Å². The number of aryl methyl sites for hydroxylation is 1. The lowest BCUT2D eigenvalue weighted by atomic mass is 9.54. The number of carbonyl (C=O) groups is 1. The number of rotatable bonds is 5. The van der Waals surface area contributed by atoms with Crippen LogP contribution in [-0.4, -0.2) is 17.6 Å². The van der Waals surface area contributed by atoms with Crippen molar-refractivity contribution in [3.8, 4) is 0 Å². The maximum absolute atomic E-state index is 12.5. The van der Waals surface area contributed by atoms with Crippen LogP contribution in [0.25, 0.3) is 0 Å². The molecule has 124 valence electrons. The molecule has 1 unspecified atom stereocenters. The van der Waals surface area contributed by atoms with Crippen LogP contribution < -0.4 is 5.73 Å². The molecule has 3 heteroatoms. The molecule has 1 aromatic rings. The number of nitrogens with two attached hydrogens (primary N) is 1. The van der Waals surface area contributed by atoms with E-state index in [0.717, 1.165) is 43.4 Å². The largest absolute Gasteiger partial charge is 0.458 e. The molecule has 23 heavy (non-hydrogen) atoms. The normalized spacial score (nSPS) is 36.0. The van der Waals surface area contributed by atoms with Crippen LogP contribution >= 0.6 is 0 Å². The standard InChI is InChI=1S/C20H27NO2/c21-18(7-6-14-4-2-1-3-5-14)19(22)23-20-11-15-8-16(12-20)10-17(9-15)13-20/h1-5,15-18H,6-13,21H2. The molecule has 4 aliphatic rings. The maximum atomic E-state index is 12.5. The van der Waals surface area contributed by atoms with Crippen LogP contribution in [0.15, 0.2) is 30.3 Å². The Morgan fingerprint density at radius 1 is 1.09 bits per heavy atom. The fourth-order valence-electron chi connectivity index (χ4n) is 5.53. The minimum absolute atomic E-state index is 0.170. The molecule has 0 aromatic heterocycles. The van der Waals surface area contributed by atoms with Crippen molar-refractivity contribution in [2.75, 3.05) is 0 Å². The lowest BCUT2D eigenvalue weighted by molar-refractivity contribution is -0.188. The van der Waals surface area contributed by atoms with Crippen LogP contribution in [0, 0.1) is 17.8 Å². The number of esters is 1. The van der Waals surface area contributed by atoms with E-state index in [0.29, 0.717) is 6.42 Å². The highest BCUT2D eigenvalue weighted by Gasteiger charge is 2.53. The second kappa shape index (κ2) is 5.94. The highest BCUT2D eigenvalue weighted by atomic mass is 16.6. The summed E-state index contributed by atoms with van der Waals surface area (Å²) in [4.78, 5) is 12.5. The Balaban J connectivity index is 1.34. The first-order valence-corrected chi connectivity index (χ1v) is 9.14. The van der Waals surface area contributed by atoms with E-state index in [1.165, 1.54) is 24.8 Å². The molecule has 4 fully saturated rings. The third-order valence-corrected chi connectivity index (χ3v) is 6.19. The van der Waals surface area contributed by atoms with Gasteiger partial charge in [0.05, 0.1) is 0 Å². The predicted molar refractivity (Wildman–Crippen MR) is 89.7 cm³/mol. The van der Waals surface area contributed by atoms with Crippen LogP contribution in [0.5, 0.6) is 0 Å². The van der Waals surface area contributed by atoms with Gasteiger partial charge >= 0.3 is 5.97 Å². The molecule has 5 rings (SSSR count). The topological polar surface area (TPSA) is 52.3 Å². The summed E-state index contributed by atoms with van der Waals surface area (Å²) in [6.07, 6.45) is 8.81. The number of carbonyl (C=O) groups excluding carboxylic acids is 1. The van der Waals surface area contributed by atoms with Gasteiger partial charge in [-0.2, -0.15) is 0 Å². The Morgan fingerprint density at radius 3 is 2.22 bits per heavy atom. The van der Waals surface area contributed by atoms with E-state index >= 15 is 0 Å². The first-order chi connectivity index (χ1) is 11.1. The molecule has 0 spiro atoms. The molecule has 1 aromatic carbocycles. The number of benzene rings is 1. The Labute approximate surface area is 138 Å². The van der Waals surface area contributed by atoms with Crippen LogP contribution in [0.1, 0.15) is 50.5 Å². The van der Waals surface area contributed by atoms with Gasteiger partial charge in [-0.05, 0) is 74.7 Å². The van der Waals surface area contributed by atoms with E-state index in [1.807, 2.05) is 18.2 Å². The summed E-state index contributed by atoms with van der Waals surface area (Å²) in [7, 11) is 0. The van der Waals surface area contributed by atoms with Crippen molar-refractivity contribution in [2.24, 2.45) is 23.5 Å². The summed E-state index contributed by atoms with van der Waals surface area (Å²) in [5, 5.41) is 0. The molecule has 0 aliphatic heterocycles. The predicted octanol–water partition coefficient (Wildman–Crippen LogP) is 3.46. The molecular weight excluding hydrogens is 286 g/mol. The molecule has 3 nitrogen and oxygen atoms in total. The molecule has 0 heterocycles. The molecule has 4 bridgehead atoms. The highest BCUT2D eigenvalue weighted by molar-refractivity contribution is 5.76. The van der Waals surface area contributed by atoms with E-state index in [4.69, 9.17) is 10.5 Å². The minimum atomic E-state index is -0.497. The average molecular weight is 313 g/mol. The van der Waals surface area contributed by atoms with Gasteiger partial charge in [0, 0.05) is 0 Å². The fraction of sp³-hybridized carbons (Fsp3) is 0.650. The van der Waals surface area contributed by atoms with Gasteiger partial charge in [0.1, 0.15) is 11.6 Å². The van der Waals surface area contributed by atoms with Crippen molar-refractivity contribution in [2.45, 2.75) is 63.0 Å². The molecule has 0 amide bonds. The summed E-state index contributed by atoms with van der Waals surface area (Å²) in [5.41, 5.74) is 7.18. The molecule has 4 saturated carbocycles. The van der Waals surface area contributed by atoms with Crippen molar-refractivity contribution >= 4 is 5.97 Å². The SMILES string of the molecule is NC(CCc1ccccc1)C(=O)OC12CC3CC(CC(C3)C1)C2. The molecule has 4 aliphatic carbocycles. The van der Waals surface area contributed by atoms with Crippen LogP contribution in [0.2, 0.25) is 0 Å². The van der Waals surface area contributed by atoms with Gasteiger partial charge in [-0.1, -0.05) is 30.3 Å². The fourth-order valence-corrected chi connectivity index (χ4v) is 5.53. The summed E-state index contributed by atoms with van der Waals surface area (Å²) >= 11 is 0. The Bertz CT molecular complexity index is 533. The van der Waals surface area contributed by atoms with Gasteiger partial charge in [0.25, 0.3) is 0 Å². The Hall–Kier alpha value is -1.35. The van der Waals surface area contributed by atoms with E-state index in [9.17, 15) is 4.79 Å². The first kappa shape index (κ1) is 15.2. The van der Waals surface area contributed by atoms with Gasteiger partial charge in [-0.3, -0.25) is 4.79 Å². The van der Waals surface area contributed by atoms with Crippen molar-refractivity contribution < 1.29 is 9.53 Å². The summed E-state index contributed by atoms with van der Waals surface area (Å²) < 4.78 is 6.04. The average Bonchev–Trinajstić information content (AvgIpc) is 2.51. The number of hydrogen-bond acceptors (Lipinski definition) is 3. The molecule has 0 radical (unpaired) electrons. The second-order valence-corrected chi connectivity index (χ2v) is 8.15. The Morgan fingerprint density at radius 2 is 1.65 bits per heavy atom.